The summed E-state index contributed by atoms with van der Waals surface area (Å²) in [5.41, 5.74) is 0. The lowest BCUT2D eigenvalue weighted by Crippen LogP contribution is -2.41. The Kier molecular flexibility index (Phi) is 4.79. The lowest BCUT2D eigenvalue weighted by molar-refractivity contribution is -0.184. The highest BCUT2D eigenvalue weighted by atomic mass is 28.4. The van der Waals surface area contributed by atoms with Crippen molar-refractivity contribution in [2.24, 2.45) is 0 Å². The molecule has 7 heteroatoms. The zero-order chi connectivity index (χ0) is 12.3. The summed E-state index contributed by atoms with van der Waals surface area (Å²) in [7, 11) is -0.609. The Balaban J connectivity index is 3.96. The molecule has 15 heavy (non-hydrogen) atoms. The first-order chi connectivity index (χ1) is 6.54. The van der Waals surface area contributed by atoms with Crippen LogP contribution in [-0.2, 0) is 9.22 Å². The first-order valence-electron chi connectivity index (χ1n) is 4.50. The minimum atomic E-state index is -4.80. The Morgan fingerprint density at radius 1 is 1.33 bits per heavy atom. The summed E-state index contributed by atoms with van der Waals surface area (Å²) in [5.74, 6) is -1.83. The van der Waals surface area contributed by atoms with E-state index in [1.807, 2.05) is 19.6 Å². The zero-order valence-electron chi connectivity index (χ0n) is 9.31. The molecule has 0 aromatic heterocycles. The van der Waals surface area contributed by atoms with Gasteiger partial charge in [-0.2, -0.15) is 13.2 Å². The molecule has 0 bridgehead atoms. The second-order valence-corrected chi connectivity index (χ2v) is 8.70. The molecule has 0 fully saturated rings. The van der Waals surface area contributed by atoms with Crippen molar-refractivity contribution in [3.63, 3.8) is 0 Å². The van der Waals surface area contributed by atoms with Crippen LogP contribution < -0.4 is 0 Å². The van der Waals surface area contributed by atoms with Gasteiger partial charge >= 0.3 is 12.1 Å². The van der Waals surface area contributed by atoms with E-state index in [0.717, 1.165) is 7.05 Å². The second kappa shape index (κ2) is 4.98. The topological polar surface area (TPSA) is 29.5 Å². The van der Waals surface area contributed by atoms with Crippen LogP contribution in [0.15, 0.2) is 0 Å². The number of carbonyl (C=O) groups is 1. The molecule has 0 N–H and O–H groups in total. The third-order valence-electron chi connectivity index (χ3n) is 1.55. The van der Waals surface area contributed by atoms with Crippen LogP contribution in [-0.4, -0.2) is 45.5 Å². The van der Waals surface area contributed by atoms with E-state index in [2.05, 4.69) is 0 Å². The van der Waals surface area contributed by atoms with E-state index in [1.54, 1.807) is 0 Å². The summed E-state index contributed by atoms with van der Waals surface area (Å²) >= 11 is 0. The van der Waals surface area contributed by atoms with E-state index in [4.69, 9.17) is 4.43 Å². The molecule has 3 nitrogen and oxygen atoms in total. The lowest BCUT2D eigenvalue weighted by Gasteiger charge is -2.22. The van der Waals surface area contributed by atoms with Crippen molar-refractivity contribution in [3.05, 3.63) is 0 Å². The molecule has 0 aliphatic rings. The molecule has 90 valence electrons. The SMILES string of the molecule is CN(CCO[Si](C)(C)C)C(=O)C(F)(F)F. The van der Waals surface area contributed by atoms with Crippen LogP contribution >= 0.6 is 0 Å². The van der Waals surface area contributed by atoms with E-state index >= 15 is 0 Å². The number of likely N-dealkylation sites (N-methyl/N-ethyl adjacent to an activating group) is 1. The van der Waals surface area contributed by atoms with Crippen LogP contribution in [0.2, 0.25) is 19.6 Å². The van der Waals surface area contributed by atoms with Crippen LogP contribution in [0, 0.1) is 0 Å². The average Bonchev–Trinajstić information content (AvgIpc) is 1.98. The normalized spacial score (nSPS) is 12.7. The Bertz CT molecular complexity index is 225. The van der Waals surface area contributed by atoms with Gasteiger partial charge in [0.2, 0.25) is 0 Å². The lowest BCUT2D eigenvalue weighted by atomic mass is 10.5. The van der Waals surface area contributed by atoms with Gasteiger partial charge in [-0.15, -0.1) is 0 Å². The largest absolute Gasteiger partial charge is 0.471 e. The van der Waals surface area contributed by atoms with Crippen LogP contribution in [0.25, 0.3) is 0 Å². The Labute approximate surface area is 88.3 Å². The van der Waals surface area contributed by atoms with Gasteiger partial charge in [0.05, 0.1) is 6.61 Å². The van der Waals surface area contributed by atoms with Gasteiger partial charge in [0.1, 0.15) is 0 Å². The van der Waals surface area contributed by atoms with Crippen LogP contribution in [0.1, 0.15) is 0 Å². The van der Waals surface area contributed by atoms with E-state index in [9.17, 15) is 18.0 Å². The monoisotopic (exact) mass is 243 g/mol. The van der Waals surface area contributed by atoms with Crippen molar-refractivity contribution in [1.29, 1.82) is 0 Å². The third kappa shape index (κ3) is 6.51. The van der Waals surface area contributed by atoms with Crippen molar-refractivity contribution < 1.29 is 22.4 Å². The van der Waals surface area contributed by atoms with Gasteiger partial charge in [-0.3, -0.25) is 4.79 Å². The average molecular weight is 243 g/mol. The fourth-order valence-corrected chi connectivity index (χ4v) is 1.51. The van der Waals surface area contributed by atoms with Gasteiger partial charge in [0.25, 0.3) is 0 Å². The fourth-order valence-electron chi connectivity index (χ4n) is 0.807. The molecule has 0 aromatic rings. The van der Waals surface area contributed by atoms with Gasteiger partial charge < -0.3 is 9.33 Å². The first-order valence-corrected chi connectivity index (χ1v) is 7.91. The molecule has 0 aromatic carbocycles. The molecule has 1 amide bonds. The first kappa shape index (κ1) is 14.4. The maximum atomic E-state index is 11.9. The Hall–Kier alpha value is -0.563. The highest BCUT2D eigenvalue weighted by Gasteiger charge is 2.41. The van der Waals surface area contributed by atoms with Crippen LogP contribution in [0.4, 0.5) is 13.2 Å². The second-order valence-electron chi connectivity index (χ2n) is 4.19. The number of nitrogens with zero attached hydrogens (tertiary/aromatic N) is 1. The standard InChI is InChI=1S/C8H16F3NO2Si/c1-12(7(13)8(9,10)11)5-6-14-15(2,3)4/h5-6H2,1-4H3. The quantitative estimate of drug-likeness (QED) is 0.705. The van der Waals surface area contributed by atoms with Crippen molar-refractivity contribution in [1.82, 2.24) is 4.90 Å². The molecular weight excluding hydrogens is 227 g/mol. The highest BCUT2D eigenvalue weighted by molar-refractivity contribution is 6.69. The number of hydrogen-bond acceptors (Lipinski definition) is 2. The molecule has 0 rings (SSSR count). The molecule has 0 aliphatic carbocycles. The van der Waals surface area contributed by atoms with Gasteiger partial charge in [-0.25, -0.2) is 0 Å². The summed E-state index contributed by atoms with van der Waals surface area (Å²) < 4.78 is 41.2. The Morgan fingerprint density at radius 2 is 1.80 bits per heavy atom. The van der Waals surface area contributed by atoms with Crippen molar-refractivity contribution >= 4 is 14.2 Å². The van der Waals surface area contributed by atoms with Gasteiger partial charge in [0.15, 0.2) is 8.32 Å². The molecule has 0 aliphatic heterocycles. The number of halogens is 3. The van der Waals surface area contributed by atoms with Crippen molar-refractivity contribution in [2.75, 3.05) is 20.2 Å². The molecule has 0 atom stereocenters. The number of carbonyl (C=O) groups excluding carboxylic acids is 1. The summed E-state index contributed by atoms with van der Waals surface area (Å²) in [6, 6.07) is 0. The van der Waals surface area contributed by atoms with E-state index in [-0.39, 0.29) is 13.2 Å². The maximum absolute atomic E-state index is 11.9. The fraction of sp³-hybridized carbons (Fsp3) is 0.875. The van der Waals surface area contributed by atoms with E-state index in [1.165, 1.54) is 0 Å². The molecular formula is C8H16F3NO2Si. The van der Waals surface area contributed by atoms with Gasteiger partial charge in [0, 0.05) is 13.6 Å². The van der Waals surface area contributed by atoms with E-state index < -0.39 is 20.4 Å². The van der Waals surface area contributed by atoms with Crippen LogP contribution in [0.5, 0.6) is 0 Å². The molecule has 0 saturated carbocycles. The maximum Gasteiger partial charge on any atom is 0.471 e. The Morgan fingerprint density at radius 3 is 2.13 bits per heavy atom. The predicted octanol–water partition coefficient (Wildman–Crippen LogP) is 1.86. The molecule has 0 unspecified atom stereocenters. The molecule has 0 saturated heterocycles. The number of rotatable bonds is 4. The van der Waals surface area contributed by atoms with Crippen molar-refractivity contribution in [2.45, 2.75) is 25.8 Å². The minimum Gasteiger partial charge on any atom is -0.416 e. The molecule has 0 radical (unpaired) electrons. The minimum absolute atomic E-state index is 0.0391. The van der Waals surface area contributed by atoms with Gasteiger partial charge in [-0.1, -0.05) is 0 Å². The van der Waals surface area contributed by atoms with E-state index in [0.29, 0.717) is 4.90 Å². The van der Waals surface area contributed by atoms with Crippen molar-refractivity contribution in [3.8, 4) is 0 Å². The summed E-state index contributed by atoms with van der Waals surface area (Å²) in [5, 5.41) is 0. The zero-order valence-corrected chi connectivity index (χ0v) is 10.3. The number of alkyl halides is 3. The predicted molar refractivity (Wildman–Crippen MR) is 53.0 cm³/mol. The molecule has 0 heterocycles. The van der Waals surface area contributed by atoms with Crippen LogP contribution in [0.3, 0.4) is 0 Å². The highest BCUT2D eigenvalue weighted by Crippen LogP contribution is 2.17. The van der Waals surface area contributed by atoms with Gasteiger partial charge in [-0.05, 0) is 19.6 Å². The molecule has 0 spiro atoms. The summed E-state index contributed by atoms with van der Waals surface area (Å²) in [6.07, 6.45) is -4.80. The number of amides is 1. The summed E-state index contributed by atoms with van der Waals surface area (Å²) in [6.45, 7) is 5.90. The number of hydrogen-bond donors (Lipinski definition) is 0. The summed E-state index contributed by atoms with van der Waals surface area (Å²) in [4.78, 5) is 11.3. The smallest absolute Gasteiger partial charge is 0.416 e. The third-order valence-corrected chi connectivity index (χ3v) is 2.62.